The van der Waals surface area contributed by atoms with E-state index in [0.717, 1.165) is 50.7 Å². The molecule has 2 heterocycles. The molecule has 1 fully saturated rings. The first kappa shape index (κ1) is 19.5. The van der Waals surface area contributed by atoms with Crippen molar-refractivity contribution in [1.82, 2.24) is 4.98 Å². The number of thiazole rings is 1. The molecule has 30 heavy (non-hydrogen) atoms. The highest BCUT2D eigenvalue weighted by Gasteiger charge is 2.34. The Morgan fingerprint density at radius 2 is 1.87 bits per heavy atom. The van der Waals surface area contributed by atoms with Gasteiger partial charge in [-0.1, -0.05) is 36.7 Å². The van der Waals surface area contributed by atoms with E-state index in [1.165, 1.54) is 41.3 Å². The Morgan fingerprint density at radius 1 is 1.10 bits per heavy atom. The topological polar surface area (TPSA) is 63.3 Å². The number of aromatic nitrogens is 1. The zero-order valence-electron chi connectivity index (χ0n) is 15.9. The fraction of sp³-hybridized carbons (Fsp3) is 0.217. The van der Waals surface area contributed by atoms with E-state index in [1.54, 1.807) is 18.3 Å². The van der Waals surface area contributed by atoms with Crippen LogP contribution >= 0.6 is 23.1 Å². The summed E-state index contributed by atoms with van der Waals surface area (Å²) in [5, 5.41) is 11.5. The molecule has 1 N–H and O–H groups in total. The predicted octanol–water partition coefficient (Wildman–Crippen LogP) is 5.97. The Balaban J connectivity index is 1.48. The SMILES string of the molecule is O=c1cc(-c2ccc(F)cc2)c2ccc(Sc3ncc(C4(O)CCCC4)s3)cc2o1. The fourth-order valence-corrected chi connectivity index (χ4v) is 6.03. The smallest absolute Gasteiger partial charge is 0.336 e. The fourth-order valence-electron chi connectivity index (χ4n) is 3.90. The zero-order chi connectivity index (χ0) is 20.7. The number of rotatable bonds is 4. The largest absolute Gasteiger partial charge is 0.423 e. The van der Waals surface area contributed by atoms with Crippen molar-refractivity contribution in [2.24, 2.45) is 0 Å². The normalized spacial score (nSPS) is 15.7. The summed E-state index contributed by atoms with van der Waals surface area (Å²) in [6.45, 7) is 0. The molecule has 0 spiro atoms. The van der Waals surface area contributed by atoms with Gasteiger partial charge >= 0.3 is 5.63 Å². The number of aliphatic hydroxyl groups is 1. The molecule has 0 unspecified atom stereocenters. The van der Waals surface area contributed by atoms with Gasteiger partial charge in [-0.15, -0.1) is 11.3 Å². The van der Waals surface area contributed by atoms with E-state index >= 15 is 0 Å². The first-order chi connectivity index (χ1) is 14.5. The number of hydrogen-bond donors (Lipinski definition) is 1. The molecule has 5 rings (SSSR count). The maximum absolute atomic E-state index is 13.3. The minimum atomic E-state index is -0.739. The van der Waals surface area contributed by atoms with E-state index in [4.69, 9.17) is 4.42 Å². The van der Waals surface area contributed by atoms with Gasteiger partial charge in [-0.3, -0.25) is 0 Å². The second-order valence-electron chi connectivity index (χ2n) is 7.48. The standard InChI is InChI=1S/C23H18FNO3S2/c24-15-5-3-14(4-6-15)18-12-21(26)28-19-11-16(7-8-17(18)19)29-22-25-13-20(30-22)23(27)9-1-2-10-23/h3-8,11-13,27H,1-2,9-10H2. The Bertz CT molecular complexity index is 1270. The average Bonchev–Trinajstić information content (AvgIpc) is 3.38. The van der Waals surface area contributed by atoms with Gasteiger partial charge in [0.2, 0.25) is 0 Å². The summed E-state index contributed by atoms with van der Waals surface area (Å²) in [5.74, 6) is -0.324. The highest BCUT2D eigenvalue weighted by atomic mass is 32.2. The summed E-state index contributed by atoms with van der Waals surface area (Å²) in [5.41, 5.74) is 0.736. The van der Waals surface area contributed by atoms with Gasteiger partial charge in [-0.2, -0.15) is 0 Å². The van der Waals surface area contributed by atoms with Crippen LogP contribution in [-0.2, 0) is 5.60 Å². The Labute approximate surface area is 180 Å². The molecule has 0 radical (unpaired) electrons. The van der Waals surface area contributed by atoms with E-state index in [9.17, 15) is 14.3 Å². The zero-order valence-corrected chi connectivity index (χ0v) is 17.6. The van der Waals surface area contributed by atoms with Crippen LogP contribution in [0.4, 0.5) is 4.39 Å². The third-order valence-electron chi connectivity index (χ3n) is 5.45. The monoisotopic (exact) mass is 439 g/mol. The van der Waals surface area contributed by atoms with Crippen molar-refractivity contribution in [2.75, 3.05) is 0 Å². The quantitative estimate of drug-likeness (QED) is 0.397. The van der Waals surface area contributed by atoms with Crippen LogP contribution in [0.5, 0.6) is 0 Å². The Morgan fingerprint density at radius 3 is 2.63 bits per heavy atom. The molecule has 1 saturated carbocycles. The molecule has 1 aliphatic carbocycles. The van der Waals surface area contributed by atoms with Gasteiger partial charge in [-0.25, -0.2) is 14.2 Å². The van der Waals surface area contributed by atoms with Crippen molar-refractivity contribution in [1.29, 1.82) is 0 Å². The molecule has 2 aromatic carbocycles. The highest BCUT2D eigenvalue weighted by Crippen LogP contribution is 2.43. The van der Waals surface area contributed by atoms with Crippen LogP contribution in [-0.4, -0.2) is 10.1 Å². The van der Waals surface area contributed by atoms with Crippen LogP contribution in [0.15, 0.2) is 73.2 Å². The molecule has 7 heteroatoms. The molecule has 0 saturated heterocycles. The van der Waals surface area contributed by atoms with Gasteiger partial charge in [0, 0.05) is 22.5 Å². The van der Waals surface area contributed by atoms with E-state index in [1.807, 2.05) is 18.2 Å². The minimum absolute atomic E-state index is 0.324. The number of benzene rings is 2. The second kappa shape index (κ2) is 7.65. The van der Waals surface area contributed by atoms with E-state index in [2.05, 4.69) is 4.98 Å². The third kappa shape index (κ3) is 3.69. The van der Waals surface area contributed by atoms with Crippen LogP contribution in [0.1, 0.15) is 30.6 Å². The highest BCUT2D eigenvalue weighted by molar-refractivity contribution is 8.01. The lowest BCUT2D eigenvalue weighted by atomic mass is 10.0. The molecule has 0 atom stereocenters. The predicted molar refractivity (Wildman–Crippen MR) is 116 cm³/mol. The van der Waals surface area contributed by atoms with Crippen molar-refractivity contribution < 1.29 is 13.9 Å². The summed E-state index contributed by atoms with van der Waals surface area (Å²) >= 11 is 2.98. The average molecular weight is 440 g/mol. The number of halogens is 1. The molecule has 152 valence electrons. The first-order valence-corrected chi connectivity index (χ1v) is 11.3. The van der Waals surface area contributed by atoms with Gasteiger partial charge < -0.3 is 9.52 Å². The Kier molecular flexibility index (Phi) is 4.97. The van der Waals surface area contributed by atoms with Crippen molar-refractivity contribution in [3.8, 4) is 11.1 Å². The molecule has 0 amide bonds. The van der Waals surface area contributed by atoms with E-state index < -0.39 is 11.2 Å². The van der Waals surface area contributed by atoms with Crippen LogP contribution < -0.4 is 5.63 Å². The third-order valence-corrected chi connectivity index (χ3v) is 7.71. The lowest BCUT2D eigenvalue weighted by Crippen LogP contribution is -2.18. The lowest BCUT2D eigenvalue weighted by Gasteiger charge is -2.19. The number of hydrogen-bond acceptors (Lipinski definition) is 6. The first-order valence-electron chi connectivity index (χ1n) is 9.71. The van der Waals surface area contributed by atoms with Crippen LogP contribution in [0.3, 0.4) is 0 Å². The van der Waals surface area contributed by atoms with Crippen molar-refractivity contribution in [3.63, 3.8) is 0 Å². The number of fused-ring (bicyclic) bond motifs is 1. The maximum Gasteiger partial charge on any atom is 0.336 e. The lowest BCUT2D eigenvalue weighted by molar-refractivity contribution is 0.0481. The molecule has 2 aromatic heterocycles. The van der Waals surface area contributed by atoms with Crippen LogP contribution in [0, 0.1) is 5.82 Å². The summed E-state index contributed by atoms with van der Waals surface area (Å²) in [6.07, 6.45) is 5.42. The van der Waals surface area contributed by atoms with E-state index in [0.29, 0.717) is 11.1 Å². The van der Waals surface area contributed by atoms with Crippen molar-refractivity contribution in [2.45, 2.75) is 40.5 Å². The van der Waals surface area contributed by atoms with Gasteiger partial charge in [0.05, 0.1) is 4.88 Å². The van der Waals surface area contributed by atoms with Crippen LogP contribution in [0.25, 0.3) is 22.1 Å². The van der Waals surface area contributed by atoms with Crippen molar-refractivity contribution in [3.05, 3.63) is 75.8 Å². The summed E-state index contributed by atoms with van der Waals surface area (Å²) in [4.78, 5) is 18.4. The van der Waals surface area contributed by atoms with Gasteiger partial charge in [0.25, 0.3) is 0 Å². The van der Waals surface area contributed by atoms with Gasteiger partial charge in [-0.05, 0) is 54.3 Å². The molecule has 0 aliphatic heterocycles. The van der Waals surface area contributed by atoms with Crippen molar-refractivity contribution >= 4 is 34.1 Å². The molecular weight excluding hydrogens is 421 g/mol. The summed E-state index contributed by atoms with van der Waals surface area (Å²) < 4.78 is 19.5. The summed E-state index contributed by atoms with van der Waals surface area (Å²) in [7, 11) is 0. The molecule has 0 bridgehead atoms. The van der Waals surface area contributed by atoms with E-state index in [-0.39, 0.29) is 5.82 Å². The van der Waals surface area contributed by atoms with Gasteiger partial charge in [0.1, 0.15) is 17.0 Å². The summed E-state index contributed by atoms with van der Waals surface area (Å²) in [6, 6.07) is 13.1. The minimum Gasteiger partial charge on any atom is -0.423 e. The molecule has 4 aromatic rings. The molecular formula is C23H18FNO3S2. The molecule has 4 nitrogen and oxygen atoms in total. The second-order valence-corrected chi connectivity index (χ2v) is 9.83. The number of nitrogens with zero attached hydrogens (tertiary/aromatic N) is 1. The van der Waals surface area contributed by atoms with Crippen LogP contribution in [0.2, 0.25) is 0 Å². The van der Waals surface area contributed by atoms with Gasteiger partial charge in [0.15, 0.2) is 4.34 Å². The molecule has 1 aliphatic rings. The Hall–Kier alpha value is -2.48. The maximum atomic E-state index is 13.3.